The lowest BCUT2D eigenvalue weighted by Crippen LogP contribution is -2.25. The van der Waals surface area contributed by atoms with E-state index in [0.717, 1.165) is 18.7 Å². The van der Waals surface area contributed by atoms with Crippen LogP contribution in [-0.4, -0.2) is 36.4 Å². The van der Waals surface area contributed by atoms with Crippen LogP contribution in [-0.2, 0) is 16.3 Å². The predicted octanol–water partition coefficient (Wildman–Crippen LogP) is 2.04. The van der Waals surface area contributed by atoms with Gasteiger partial charge in [-0.1, -0.05) is 6.92 Å². The van der Waals surface area contributed by atoms with Gasteiger partial charge in [0.15, 0.2) is 0 Å². The van der Waals surface area contributed by atoms with Crippen LogP contribution in [0.4, 0.5) is 5.82 Å². The summed E-state index contributed by atoms with van der Waals surface area (Å²) in [6, 6.07) is 1.56. The van der Waals surface area contributed by atoms with Crippen LogP contribution in [0.3, 0.4) is 0 Å². The van der Waals surface area contributed by atoms with E-state index < -0.39 is 9.84 Å². The minimum Gasteiger partial charge on any atom is -0.366 e. The molecule has 0 aromatic carbocycles. The lowest BCUT2D eigenvalue weighted by Gasteiger charge is -2.14. The molecule has 1 rings (SSSR count). The fraction of sp³-hybridized carbons (Fsp3) is 0.636. The summed E-state index contributed by atoms with van der Waals surface area (Å²) in [6.45, 7) is 3.88. The van der Waals surface area contributed by atoms with Crippen LogP contribution in [0.25, 0.3) is 0 Å². The maximum absolute atomic E-state index is 11.2. The SMILES string of the molecule is CCCc1nc(Br)cc(NC(C)CS(C)(=O)=O)n1. The molecule has 1 aromatic rings. The molecule has 0 radical (unpaired) electrons. The number of halogens is 1. The Kier molecular flexibility index (Phi) is 5.52. The Hall–Kier alpha value is -0.690. The van der Waals surface area contributed by atoms with Crippen molar-refractivity contribution in [3.63, 3.8) is 0 Å². The zero-order chi connectivity index (χ0) is 13.8. The number of sulfone groups is 1. The van der Waals surface area contributed by atoms with Gasteiger partial charge in [-0.05, 0) is 29.3 Å². The van der Waals surface area contributed by atoms with E-state index in [1.807, 2.05) is 6.92 Å². The summed E-state index contributed by atoms with van der Waals surface area (Å²) >= 11 is 3.32. The maximum Gasteiger partial charge on any atom is 0.149 e. The van der Waals surface area contributed by atoms with Gasteiger partial charge >= 0.3 is 0 Å². The highest BCUT2D eigenvalue weighted by Gasteiger charge is 2.11. The van der Waals surface area contributed by atoms with Crippen molar-refractivity contribution < 1.29 is 8.42 Å². The van der Waals surface area contributed by atoms with Crippen molar-refractivity contribution in [2.75, 3.05) is 17.3 Å². The van der Waals surface area contributed by atoms with Crippen molar-refractivity contribution in [2.45, 2.75) is 32.7 Å². The Balaban J connectivity index is 2.77. The fourth-order valence-electron chi connectivity index (χ4n) is 1.62. The summed E-state index contributed by atoms with van der Waals surface area (Å²) < 4.78 is 23.1. The van der Waals surface area contributed by atoms with Gasteiger partial charge in [-0.15, -0.1) is 0 Å². The molecule has 1 N–H and O–H groups in total. The minimum absolute atomic E-state index is 0.0811. The summed E-state index contributed by atoms with van der Waals surface area (Å²) in [7, 11) is -2.99. The zero-order valence-corrected chi connectivity index (χ0v) is 13.2. The first-order chi connectivity index (χ1) is 8.30. The van der Waals surface area contributed by atoms with Crippen molar-refractivity contribution in [3.8, 4) is 0 Å². The normalized spacial score (nSPS) is 13.3. The summed E-state index contributed by atoms with van der Waals surface area (Å²) in [5.74, 6) is 1.48. The quantitative estimate of drug-likeness (QED) is 0.805. The second-order valence-electron chi connectivity index (χ2n) is 4.38. The second kappa shape index (κ2) is 6.47. The van der Waals surface area contributed by atoms with E-state index in [4.69, 9.17) is 0 Å². The van der Waals surface area contributed by atoms with Gasteiger partial charge in [0.25, 0.3) is 0 Å². The molecule has 0 spiro atoms. The molecule has 7 heteroatoms. The highest BCUT2D eigenvalue weighted by Crippen LogP contribution is 2.14. The molecule has 0 fully saturated rings. The van der Waals surface area contributed by atoms with Crippen molar-refractivity contribution in [1.29, 1.82) is 0 Å². The smallest absolute Gasteiger partial charge is 0.149 e. The van der Waals surface area contributed by atoms with E-state index in [0.29, 0.717) is 10.4 Å². The number of rotatable bonds is 6. The third-order valence-electron chi connectivity index (χ3n) is 2.16. The number of nitrogens with one attached hydrogen (secondary N) is 1. The number of hydrogen-bond acceptors (Lipinski definition) is 5. The molecule has 0 aliphatic rings. The third-order valence-corrected chi connectivity index (χ3v) is 3.67. The summed E-state index contributed by atoms with van der Waals surface area (Å²) in [6.07, 6.45) is 2.99. The molecule has 1 unspecified atom stereocenters. The molecule has 0 aliphatic heterocycles. The Morgan fingerprint density at radius 1 is 1.44 bits per heavy atom. The molecule has 0 amide bonds. The average molecular weight is 336 g/mol. The first kappa shape index (κ1) is 15.4. The van der Waals surface area contributed by atoms with Crippen LogP contribution in [0.5, 0.6) is 0 Å². The molecular formula is C11H18BrN3O2S. The molecule has 18 heavy (non-hydrogen) atoms. The van der Waals surface area contributed by atoms with Gasteiger partial charge in [0, 0.05) is 24.8 Å². The maximum atomic E-state index is 11.2. The molecule has 0 saturated heterocycles. The van der Waals surface area contributed by atoms with Crippen LogP contribution in [0.15, 0.2) is 10.7 Å². The highest BCUT2D eigenvalue weighted by atomic mass is 79.9. The Bertz CT molecular complexity index is 505. The monoisotopic (exact) mass is 335 g/mol. The zero-order valence-electron chi connectivity index (χ0n) is 10.8. The van der Waals surface area contributed by atoms with E-state index in [1.165, 1.54) is 6.26 Å². The topological polar surface area (TPSA) is 72.0 Å². The predicted molar refractivity (Wildman–Crippen MR) is 76.5 cm³/mol. The number of nitrogens with zero attached hydrogens (tertiary/aromatic N) is 2. The number of aromatic nitrogens is 2. The third kappa shape index (κ3) is 5.77. The van der Waals surface area contributed by atoms with Crippen LogP contribution in [0, 0.1) is 0 Å². The molecule has 1 aromatic heterocycles. The second-order valence-corrected chi connectivity index (χ2v) is 7.38. The van der Waals surface area contributed by atoms with Crippen LogP contribution in [0.1, 0.15) is 26.1 Å². The Morgan fingerprint density at radius 2 is 2.11 bits per heavy atom. The van der Waals surface area contributed by atoms with E-state index in [-0.39, 0.29) is 11.8 Å². The molecule has 102 valence electrons. The molecule has 1 heterocycles. The molecule has 0 saturated carbocycles. The van der Waals surface area contributed by atoms with Crippen molar-refractivity contribution in [2.24, 2.45) is 0 Å². The van der Waals surface area contributed by atoms with E-state index >= 15 is 0 Å². The van der Waals surface area contributed by atoms with E-state index in [9.17, 15) is 8.42 Å². The van der Waals surface area contributed by atoms with Crippen LogP contribution in [0.2, 0.25) is 0 Å². The summed E-state index contributed by atoms with van der Waals surface area (Å²) in [4.78, 5) is 8.60. The average Bonchev–Trinajstić information content (AvgIpc) is 2.12. The van der Waals surface area contributed by atoms with Gasteiger partial charge in [-0.2, -0.15) is 0 Å². The van der Waals surface area contributed by atoms with Crippen molar-refractivity contribution in [3.05, 3.63) is 16.5 Å². The standard InChI is InChI=1S/C11H18BrN3O2S/c1-4-5-10-14-9(12)6-11(15-10)13-8(2)7-18(3,16)17/h6,8H,4-5,7H2,1-3H3,(H,13,14,15). The first-order valence-electron chi connectivity index (χ1n) is 5.78. The van der Waals surface area contributed by atoms with Gasteiger partial charge in [-0.3, -0.25) is 0 Å². The summed E-state index contributed by atoms with van der Waals surface area (Å²) in [5.41, 5.74) is 0. The Morgan fingerprint density at radius 3 is 2.67 bits per heavy atom. The number of anilines is 1. The van der Waals surface area contributed by atoms with Crippen molar-refractivity contribution >= 4 is 31.6 Å². The lowest BCUT2D eigenvalue weighted by atomic mass is 10.3. The number of aryl methyl sites for hydroxylation is 1. The number of hydrogen-bond donors (Lipinski definition) is 1. The van der Waals surface area contributed by atoms with Crippen LogP contribution >= 0.6 is 15.9 Å². The van der Waals surface area contributed by atoms with Gasteiger partial charge < -0.3 is 5.32 Å². The van der Waals surface area contributed by atoms with Gasteiger partial charge in [0.1, 0.15) is 26.1 Å². The van der Waals surface area contributed by atoms with Gasteiger partial charge in [-0.25, -0.2) is 18.4 Å². The fourth-order valence-corrected chi connectivity index (χ4v) is 3.04. The summed E-state index contributed by atoms with van der Waals surface area (Å²) in [5, 5.41) is 3.08. The van der Waals surface area contributed by atoms with E-state index in [2.05, 4.69) is 38.1 Å². The van der Waals surface area contributed by atoms with Crippen LogP contribution < -0.4 is 5.32 Å². The minimum atomic E-state index is -2.99. The Labute approximate surface area is 116 Å². The molecular weight excluding hydrogens is 318 g/mol. The molecule has 0 aliphatic carbocycles. The van der Waals surface area contributed by atoms with Gasteiger partial charge in [0.2, 0.25) is 0 Å². The van der Waals surface area contributed by atoms with Crippen molar-refractivity contribution in [1.82, 2.24) is 9.97 Å². The largest absolute Gasteiger partial charge is 0.366 e. The first-order valence-corrected chi connectivity index (χ1v) is 8.63. The highest BCUT2D eigenvalue weighted by molar-refractivity contribution is 9.10. The molecule has 5 nitrogen and oxygen atoms in total. The molecule has 0 bridgehead atoms. The molecule has 1 atom stereocenters. The van der Waals surface area contributed by atoms with Gasteiger partial charge in [0.05, 0.1) is 5.75 Å². The van der Waals surface area contributed by atoms with E-state index in [1.54, 1.807) is 6.07 Å². The lowest BCUT2D eigenvalue weighted by molar-refractivity contribution is 0.598.